The van der Waals surface area contributed by atoms with Crippen molar-refractivity contribution in [2.45, 2.75) is 6.92 Å². The summed E-state index contributed by atoms with van der Waals surface area (Å²) in [6.07, 6.45) is 0.374. The molecular weight excluding hydrogens is 485 g/mol. The Morgan fingerprint density at radius 2 is 1.07 bits per heavy atom. The monoisotopic (exact) mass is 510 g/mol. The average molecular weight is 510 g/mol. The van der Waals surface area contributed by atoms with Crippen LogP contribution < -0.4 is 39.9 Å². The first kappa shape index (κ1) is 23.8. The van der Waals surface area contributed by atoms with Gasteiger partial charge in [-0.15, -0.1) is 0 Å². The lowest BCUT2D eigenvalue weighted by Gasteiger charge is -2.26. The second-order valence-electron chi connectivity index (χ2n) is 5.78. The number of benzene rings is 3. The number of ether oxygens (including phenoxy) is 1. The highest BCUT2D eigenvalue weighted by Crippen LogP contribution is 2.55. The fourth-order valence-electron chi connectivity index (χ4n) is 3.17. The normalized spacial score (nSPS) is 10.3. The quantitative estimate of drug-likeness (QED) is 0.276. The number of hydrogen-bond acceptors (Lipinski definition) is 2. The molecule has 0 fully saturated rings. The molecule has 27 heavy (non-hydrogen) atoms. The van der Waals surface area contributed by atoms with Crippen LogP contribution in [0.25, 0.3) is 0 Å². The second-order valence-corrected chi connectivity index (χ2v) is 9.26. The molecule has 0 aliphatic heterocycles. The molecule has 3 aromatic carbocycles. The topological polar surface area (TPSA) is 26.3 Å². The minimum Gasteiger partial charge on any atom is -1.00 e. The Balaban J connectivity index is 0.00000182. The molecule has 1 atom stereocenters. The van der Waals surface area contributed by atoms with E-state index < -0.39 is 7.26 Å². The molecule has 0 radical (unpaired) electrons. The van der Waals surface area contributed by atoms with Gasteiger partial charge in [0.05, 0.1) is 6.61 Å². The maximum absolute atomic E-state index is 12.6. The maximum Gasteiger partial charge on any atom is 0.345 e. The molecule has 2 nitrogen and oxygen atoms in total. The van der Waals surface area contributed by atoms with E-state index in [4.69, 9.17) is 4.74 Å². The van der Waals surface area contributed by atoms with E-state index in [-0.39, 0.29) is 39.8 Å². The smallest absolute Gasteiger partial charge is 0.345 e. The molecule has 0 saturated carbocycles. The van der Waals surface area contributed by atoms with Crippen molar-refractivity contribution >= 4 is 39.0 Å². The summed E-state index contributed by atoms with van der Waals surface area (Å²) in [5.41, 5.74) is 0. The first-order valence-corrected chi connectivity index (χ1v) is 10.5. The van der Waals surface area contributed by atoms with E-state index in [0.29, 0.717) is 12.8 Å². The maximum atomic E-state index is 12.6. The highest BCUT2D eigenvalue weighted by molar-refractivity contribution is 7.96. The van der Waals surface area contributed by atoms with E-state index in [0.717, 1.165) is 0 Å². The predicted molar refractivity (Wildman–Crippen MR) is 118 cm³/mol. The van der Waals surface area contributed by atoms with Crippen molar-refractivity contribution in [3.8, 4) is 0 Å². The van der Waals surface area contributed by atoms with Crippen molar-refractivity contribution < 1.29 is 33.5 Å². The Bertz CT molecular complexity index is 715. The molecule has 0 saturated heterocycles. The standard InChI is InChI=1S/C22H22O2P.HI.H3P/c1-2-24-22(23)18-25(19-12-6-3-7-13-19,20-14-8-4-9-15-20)21-16-10-5-11-17-21;;/h3-17H,2,18H2,1H3;1H;1H3/q+1;;/p-1. The fourth-order valence-corrected chi connectivity index (χ4v) is 7.13. The summed E-state index contributed by atoms with van der Waals surface area (Å²) in [7, 11) is -2.11. The molecule has 0 heterocycles. The van der Waals surface area contributed by atoms with Crippen LogP contribution >= 0.6 is 17.2 Å². The van der Waals surface area contributed by atoms with Gasteiger partial charge >= 0.3 is 5.97 Å². The minimum atomic E-state index is -2.11. The molecule has 3 rings (SSSR count). The third-order valence-corrected chi connectivity index (χ3v) is 8.53. The summed E-state index contributed by atoms with van der Waals surface area (Å²) in [6.45, 7) is 2.25. The van der Waals surface area contributed by atoms with Gasteiger partial charge in [-0.05, 0) is 43.3 Å². The highest BCUT2D eigenvalue weighted by Gasteiger charge is 2.47. The molecule has 0 N–H and O–H groups in total. The number of carbonyl (C=O) groups is 1. The van der Waals surface area contributed by atoms with Crippen molar-refractivity contribution in [2.75, 3.05) is 12.8 Å². The lowest BCUT2D eigenvalue weighted by atomic mass is 10.4. The van der Waals surface area contributed by atoms with E-state index in [1.165, 1.54) is 15.9 Å². The van der Waals surface area contributed by atoms with Gasteiger partial charge < -0.3 is 28.7 Å². The zero-order valence-electron chi connectivity index (χ0n) is 15.4. The van der Waals surface area contributed by atoms with E-state index in [1.54, 1.807) is 0 Å². The first-order chi connectivity index (χ1) is 12.3. The van der Waals surface area contributed by atoms with Gasteiger partial charge in [0, 0.05) is 0 Å². The Morgan fingerprint density at radius 1 is 0.741 bits per heavy atom. The summed E-state index contributed by atoms with van der Waals surface area (Å²) in [5, 5.41) is 3.58. The van der Waals surface area contributed by atoms with Crippen molar-refractivity contribution in [1.82, 2.24) is 0 Å². The molecule has 0 spiro atoms. The molecule has 0 aromatic heterocycles. The molecule has 1 unspecified atom stereocenters. The van der Waals surface area contributed by atoms with Crippen LogP contribution in [-0.2, 0) is 9.53 Å². The van der Waals surface area contributed by atoms with E-state index >= 15 is 0 Å². The molecule has 0 aliphatic rings. The van der Waals surface area contributed by atoms with Crippen molar-refractivity contribution in [1.29, 1.82) is 0 Å². The predicted octanol–water partition coefficient (Wildman–Crippen LogP) is 0.606. The van der Waals surface area contributed by atoms with Gasteiger partial charge in [0.25, 0.3) is 0 Å². The molecular formula is C22H25IO2P2. The van der Waals surface area contributed by atoms with Crippen molar-refractivity contribution in [3.63, 3.8) is 0 Å². The van der Waals surface area contributed by atoms with Gasteiger partial charge in [-0.1, -0.05) is 54.6 Å². The Morgan fingerprint density at radius 3 is 1.37 bits per heavy atom. The lowest BCUT2D eigenvalue weighted by Crippen LogP contribution is -3.00. The molecule has 3 aromatic rings. The first-order valence-electron chi connectivity index (χ1n) is 8.48. The summed E-state index contributed by atoms with van der Waals surface area (Å²) in [6, 6.07) is 31.1. The SMILES string of the molecule is CCOC(=O)C[P+](c1ccccc1)(c1ccccc1)c1ccccc1.P.[I-]. The zero-order chi connectivity index (χ0) is 17.5. The number of rotatable bonds is 6. The summed E-state index contributed by atoms with van der Waals surface area (Å²) in [5.74, 6) is -0.146. The second kappa shape index (κ2) is 11.5. The van der Waals surface area contributed by atoms with E-state index in [1.807, 2.05) is 61.5 Å². The Kier molecular flexibility index (Phi) is 10.2. The number of esters is 1. The largest absolute Gasteiger partial charge is 1.00 e. The van der Waals surface area contributed by atoms with Crippen LogP contribution in [0.3, 0.4) is 0 Å². The third-order valence-electron chi connectivity index (χ3n) is 4.26. The highest BCUT2D eigenvalue weighted by atomic mass is 127. The van der Waals surface area contributed by atoms with Crippen LogP contribution in [0.4, 0.5) is 0 Å². The summed E-state index contributed by atoms with van der Waals surface area (Å²) >= 11 is 0. The lowest BCUT2D eigenvalue weighted by molar-refractivity contribution is -0.139. The number of carbonyl (C=O) groups excluding carboxylic acids is 1. The van der Waals surface area contributed by atoms with E-state index in [9.17, 15) is 4.79 Å². The van der Waals surface area contributed by atoms with Crippen LogP contribution in [0, 0.1) is 0 Å². The van der Waals surface area contributed by atoms with E-state index in [2.05, 4.69) is 36.4 Å². The molecule has 5 heteroatoms. The summed E-state index contributed by atoms with van der Waals surface area (Å²) < 4.78 is 5.35. The third kappa shape index (κ3) is 5.38. The van der Waals surface area contributed by atoms with Crippen LogP contribution in [0.15, 0.2) is 91.0 Å². The van der Waals surface area contributed by atoms with Crippen LogP contribution in [0.5, 0.6) is 0 Å². The number of halogens is 1. The molecule has 0 amide bonds. The Labute approximate surface area is 182 Å². The van der Waals surface area contributed by atoms with Crippen molar-refractivity contribution in [2.24, 2.45) is 0 Å². The van der Waals surface area contributed by atoms with Crippen molar-refractivity contribution in [3.05, 3.63) is 91.0 Å². The van der Waals surface area contributed by atoms with Crippen LogP contribution in [0.1, 0.15) is 6.92 Å². The van der Waals surface area contributed by atoms with Gasteiger partial charge in [0.2, 0.25) is 0 Å². The van der Waals surface area contributed by atoms with Gasteiger partial charge in [-0.25, -0.2) is 4.79 Å². The fraction of sp³-hybridized carbons (Fsp3) is 0.136. The molecule has 0 bridgehead atoms. The Hall–Kier alpha value is -1.28. The van der Waals surface area contributed by atoms with Gasteiger partial charge in [0.1, 0.15) is 23.2 Å². The van der Waals surface area contributed by atoms with Gasteiger partial charge in [-0.3, -0.25) is 0 Å². The van der Waals surface area contributed by atoms with Crippen LogP contribution in [0.2, 0.25) is 0 Å². The van der Waals surface area contributed by atoms with Gasteiger partial charge in [-0.2, -0.15) is 9.90 Å². The van der Waals surface area contributed by atoms with Crippen LogP contribution in [-0.4, -0.2) is 18.7 Å². The minimum absolute atomic E-state index is 0. The average Bonchev–Trinajstić information content (AvgIpc) is 2.68. The number of hydrogen-bond donors (Lipinski definition) is 0. The van der Waals surface area contributed by atoms with Gasteiger partial charge in [0.15, 0.2) is 6.16 Å². The zero-order valence-corrected chi connectivity index (χ0v) is 19.9. The molecule has 0 aliphatic carbocycles. The molecule has 142 valence electrons. The summed E-state index contributed by atoms with van der Waals surface area (Å²) in [4.78, 5) is 12.6.